The smallest absolute Gasteiger partial charge is 0.116 e. The average Bonchev–Trinajstić information content (AvgIpc) is 2.65. The molecule has 3 nitrogen and oxygen atoms in total. The van der Waals surface area contributed by atoms with E-state index in [-0.39, 0.29) is 18.2 Å². The van der Waals surface area contributed by atoms with Crippen LogP contribution in [0.3, 0.4) is 0 Å². The van der Waals surface area contributed by atoms with Gasteiger partial charge in [-0.2, -0.15) is 0 Å². The Labute approximate surface area is 149 Å². The molecule has 0 bridgehead atoms. The van der Waals surface area contributed by atoms with Crippen molar-refractivity contribution in [2.75, 3.05) is 20.6 Å². The van der Waals surface area contributed by atoms with Gasteiger partial charge in [-0.25, -0.2) is 0 Å². The van der Waals surface area contributed by atoms with Crippen LogP contribution in [0, 0.1) is 0 Å². The van der Waals surface area contributed by atoms with Crippen LogP contribution in [0.1, 0.15) is 29.5 Å². The van der Waals surface area contributed by atoms with Crippen molar-refractivity contribution < 1.29 is 10.2 Å². The number of fused-ring (bicyclic) bond motifs is 1. The van der Waals surface area contributed by atoms with Gasteiger partial charge in [0.1, 0.15) is 11.5 Å². The van der Waals surface area contributed by atoms with E-state index in [2.05, 4.69) is 19.0 Å². The molecule has 0 saturated heterocycles. The number of phenols is 2. The molecule has 0 aliphatic heterocycles. The van der Waals surface area contributed by atoms with Gasteiger partial charge < -0.3 is 15.1 Å². The molecule has 128 valence electrons. The van der Waals surface area contributed by atoms with Gasteiger partial charge in [0.25, 0.3) is 0 Å². The van der Waals surface area contributed by atoms with Crippen molar-refractivity contribution in [3.8, 4) is 11.5 Å². The Morgan fingerprint density at radius 1 is 0.958 bits per heavy atom. The van der Waals surface area contributed by atoms with E-state index < -0.39 is 0 Å². The normalized spacial score (nSPS) is 14.1. The predicted octanol–water partition coefficient (Wildman–Crippen LogP) is 4.22. The van der Waals surface area contributed by atoms with E-state index >= 15 is 0 Å². The zero-order valence-corrected chi connectivity index (χ0v) is 14.9. The van der Waals surface area contributed by atoms with Crippen molar-refractivity contribution in [1.29, 1.82) is 0 Å². The fraction of sp³-hybridized carbons (Fsp3) is 0.300. The van der Waals surface area contributed by atoms with Gasteiger partial charge in [0.15, 0.2) is 0 Å². The molecule has 0 radical (unpaired) electrons. The molecule has 2 aromatic carbocycles. The van der Waals surface area contributed by atoms with Gasteiger partial charge in [0.05, 0.1) is 0 Å². The van der Waals surface area contributed by atoms with Crippen LogP contribution in [0.5, 0.6) is 11.5 Å². The number of hydrogen-bond donors (Lipinski definition) is 2. The summed E-state index contributed by atoms with van der Waals surface area (Å²) in [4.78, 5) is 2.18. The Hall–Kier alpha value is -1.97. The van der Waals surface area contributed by atoms with E-state index in [0.29, 0.717) is 5.75 Å². The number of aryl methyl sites for hydroxylation is 1. The lowest BCUT2D eigenvalue weighted by Gasteiger charge is -2.19. The van der Waals surface area contributed by atoms with Gasteiger partial charge >= 0.3 is 0 Å². The van der Waals surface area contributed by atoms with Crippen molar-refractivity contribution in [2.45, 2.75) is 19.3 Å². The Morgan fingerprint density at radius 3 is 2.42 bits per heavy atom. The molecule has 0 spiro atoms. The zero-order chi connectivity index (χ0) is 16.4. The van der Waals surface area contributed by atoms with Gasteiger partial charge in [0, 0.05) is 6.54 Å². The highest BCUT2D eigenvalue weighted by Crippen LogP contribution is 2.37. The SMILES string of the molecule is CN(C)CC1=C(c2cccc(O)c2)c2ccc(O)cc2CCC1.Cl. The van der Waals surface area contributed by atoms with Crippen LogP contribution in [0.4, 0.5) is 0 Å². The number of benzene rings is 2. The number of hydrogen-bond acceptors (Lipinski definition) is 3. The fourth-order valence-electron chi connectivity index (χ4n) is 3.40. The minimum atomic E-state index is 0. The number of halogens is 1. The molecular formula is C20H24ClNO2. The second kappa shape index (κ2) is 7.73. The quantitative estimate of drug-likeness (QED) is 0.875. The van der Waals surface area contributed by atoms with Crippen molar-refractivity contribution >= 4 is 18.0 Å². The number of phenolic OH excluding ortho intramolecular Hbond substituents is 2. The van der Waals surface area contributed by atoms with E-state index in [0.717, 1.165) is 31.4 Å². The highest BCUT2D eigenvalue weighted by molar-refractivity contribution is 5.85. The second-order valence-electron chi connectivity index (χ2n) is 6.46. The molecule has 0 amide bonds. The Kier molecular flexibility index (Phi) is 5.92. The van der Waals surface area contributed by atoms with Gasteiger partial charge in [0.2, 0.25) is 0 Å². The molecule has 0 heterocycles. The molecule has 1 aliphatic carbocycles. The molecule has 0 fully saturated rings. The Morgan fingerprint density at radius 2 is 1.71 bits per heavy atom. The summed E-state index contributed by atoms with van der Waals surface area (Å²) in [5.74, 6) is 0.596. The van der Waals surface area contributed by atoms with Crippen LogP contribution < -0.4 is 0 Å². The maximum Gasteiger partial charge on any atom is 0.116 e. The zero-order valence-electron chi connectivity index (χ0n) is 14.1. The summed E-state index contributed by atoms with van der Waals surface area (Å²) in [5, 5.41) is 19.7. The summed E-state index contributed by atoms with van der Waals surface area (Å²) in [5.41, 5.74) is 5.96. The van der Waals surface area contributed by atoms with Gasteiger partial charge in [-0.05, 0) is 85.5 Å². The minimum absolute atomic E-state index is 0. The third-order valence-electron chi connectivity index (χ3n) is 4.28. The highest BCUT2D eigenvalue weighted by Gasteiger charge is 2.19. The van der Waals surface area contributed by atoms with E-state index in [1.54, 1.807) is 12.1 Å². The minimum Gasteiger partial charge on any atom is -0.508 e. The fourth-order valence-corrected chi connectivity index (χ4v) is 3.40. The second-order valence-corrected chi connectivity index (χ2v) is 6.46. The van der Waals surface area contributed by atoms with E-state index in [9.17, 15) is 10.2 Å². The van der Waals surface area contributed by atoms with Gasteiger partial charge in [-0.1, -0.05) is 18.2 Å². The van der Waals surface area contributed by atoms with Crippen LogP contribution in [0.15, 0.2) is 48.0 Å². The topological polar surface area (TPSA) is 43.7 Å². The lowest BCUT2D eigenvalue weighted by atomic mass is 9.90. The van der Waals surface area contributed by atoms with Crippen LogP contribution >= 0.6 is 12.4 Å². The van der Waals surface area contributed by atoms with Crippen LogP contribution in [0.2, 0.25) is 0 Å². The molecule has 3 rings (SSSR count). The molecule has 24 heavy (non-hydrogen) atoms. The number of rotatable bonds is 3. The third-order valence-corrected chi connectivity index (χ3v) is 4.28. The lowest BCUT2D eigenvalue weighted by Crippen LogP contribution is -2.16. The maximum absolute atomic E-state index is 9.90. The first-order valence-electron chi connectivity index (χ1n) is 8.03. The standard InChI is InChI=1S/C20H23NO2.ClH/c1-21(2)13-16-7-3-5-14-11-18(23)9-10-19(14)20(16)15-6-4-8-17(22)12-15;/h4,6,8-12,22-23H,3,5,7,13H2,1-2H3;1H. The summed E-state index contributed by atoms with van der Waals surface area (Å²) in [6.45, 7) is 0.894. The first kappa shape index (κ1) is 18.4. The van der Waals surface area contributed by atoms with E-state index in [4.69, 9.17) is 0 Å². The number of nitrogens with zero attached hydrogens (tertiary/aromatic N) is 1. The third kappa shape index (κ3) is 3.92. The molecule has 0 atom stereocenters. The lowest BCUT2D eigenvalue weighted by molar-refractivity contribution is 0.439. The number of likely N-dealkylation sites (N-methyl/N-ethyl adjacent to an activating group) is 1. The summed E-state index contributed by atoms with van der Waals surface area (Å²) in [6, 6.07) is 13.1. The van der Waals surface area contributed by atoms with Crippen LogP contribution in [0.25, 0.3) is 5.57 Å². The summed E-state index contributed by atoms with van der Waals surface area (Å²) in [6.07, 6.45) is 3.06. The monoisotopic (exact) mass is 345 g/mol. The van der Waals surface area contributed by atoms with Gasteiger partial charge in [-0.3, -0.25) is 0 Å². The van der Waals surface area contributed by atoms with Gasteiger partial charge in [-0.15, -0.1) is 12.4 Å². The molecule has 4 heteroatoms. The maximum atomic E-state index is 9.90. The first-order chi connectivity index (χ1) is 11.0. The summed E-state index contributed by atoms with van der Waals surface area (Å²) in [7, 11) is 4.16. The van der Waals surface area contributed by atoms with Crippen molar-refractivity contribution in [2.24, 2.45) is 0 Å². The summed E-state index contributed by atoms with van der Waals surface area (Å²) >= 11 is 0. The van der Waals surface area contributed by atoms with Crippen molar-refractivity contribution in [3.63, 3.8) is 0 Å². The first-order valence-corrected chi connectivity index (χ1v) is 8.03. The molecule has 0 unspecified atom stereocenters. The average molecular weight is 346 g/mol. The number of aromatic hydroxyl groups is 2. The Balaban J connectivity index is 0.00000208. The largest absolute Gasteiger partial charge is 0.508 e. The van der Waals surface area contributed by atoms with Crippen LogP contribution in [-0.4, -0.2) is 35.8 Å². The predicted molar refractivity (Wildman–Crippen MR) is 101 cm³/mol. The molecule has 2 aromatic rings. The van der Waals surface area contributed by atoms with E-state index in [1.165, 1.54) is 22.3 Å². The Bertz CT molecular complexity index is 753. The van der Waals surface area contributed by atoms with Crippen molar-refractivity contribution in [1.82, 2.24) is 4.90 Å². The molecule has 2 N–H and O–H groups in total. The molecule has 0 aromatic heterocycles. The molecular weight excluding hydrogens is 322 g/mol. The van der Waals surface area contributed by atoms with Crippen molar-refractivity contribution in [3.05, 3.63) is 64.7 Å². The van der Waals surface area contributed by atoms with Crippen LogP contribution in [-0.2, 0) is 6.42 Å². The molecule has 0 saturated carbocycles. The molecule has 1 aliphatic rings. The van der Waals surface area contributed by atoms with E-state index in [1.807, 2.05) is 30.3 Å². The highest BCUT2D eigenvalue weighted by atomic mass is 35.5. The summed E-state index contributed by atoms with van der Waals surface area (Å²) < 4.78 is 0.